The van der Waals surface area contributed by atoms with Crippen LogP contribution in [0.3, 0.4) is 0 Å². The molecule has 0 fully saturated rings. The van der Waals surface area contributed by atoms with Crippen molar-refractivity contribution in [1.29, 1.82) is 0 Å². The van der Waals surface area contributed by atoms with Crippen molar-refractivity contribution in [1.82, 2.24) is 9.80 Å². The molecule has 12 nitrogen and oxygen atoms in total. The van der Waals surface area contributed by atoms with Crippen molar-refractivity contribution in [2.75, 3.05) is 92.4 Å². The van der Waals surface area contributed by atoms with Crippen LogP contribution in [-0.4, -0.2) is 126 Å². The number of benzene rings is 1. The van der Waals surface area contributed by atoms with E-state index in [1.54, 1.807) is 24.3 Å². The number of ether oxygens (including phenoxy) is 6. The summed E-state index contributed by atoms with van der Waals surface area (Å²) in [4.78, 5) is 49.6. The second-order valence-corrected chi connectivity index (χ2v) is 8.14. The van der Waals surface area contributed by atoms with E-state index in [1.807, 2.05) is 0 Å². The highest BCUT2D eigenvalue weighted by Gasteiger charge is 2.34. The summed E-state index contributed by atoms with van der Waals surface area (Å²) in [6.07, 6.45) is 2.49. The minimum Gasteiger partial charge on any atom is -0.377 e. The summed E-state index contributed by atoms with van der Waals surface area (Å²) in [5.41, 5.74) is 0.869. The number of nitrogens with zero attached hydrogens (tertiary/aromatic N) is 2. The number of carbonyl (C=O) groups excluding carboxylic acids is 4. The van der Waals surface area contributed by atoms with Crippen molar-refractivity contribution in [2.45, 2.75) is 0 Å². The van der Waals surface area contributed by atoms with Gasteiger partial charge in [-0.3, -0.25) is 29.0 Å². The molecule has 2 heterocycles. The number of amides is 4. The lowest BCUT2D eigenvalue weighted by atomic mass is 10.1. The number of fused-ring (bicyclic) bond motifs is 1. The van der Waals surface area contributed by atoms with E-state index in [0.29, 0.717) is 77.2 Å². The zero-order valence-electron chi connectivity index (χ0n) is 21.3. The van der Waals surface area contributed by atoms with Gasteiger partial charge in [0.2, 0.25) is 0 Å². The van der Waals surface area contributed by atoms with Crippen molar-refractivity contribution in [2.24, 2.45) is 0 Å². The molecule has 0 N–H and O–H groups in total. The minimum absolute atomic E-state index is 0.206. The predicted octanol–water partition coefficient (Wildman–Crippen LogP) is 0.307. The lowest BCUT2D eigenvalue weighted by molar-refractivity contribution is -0.137. The SMILES string of the molecule is O=C1C=CC(=O)N1CCOCCOCCOCCOCCOCCOCCN1C(=O)c2ccccc2C1=O. The third kappa shape index (κ3) is 9.39. The van der Waals surface area contributed by atoms with E-state index >= 15 is 0 Å². The second-order valence-electron chi connectivity index (χ2n) is 8.14. The molecule has 0 radical (unpaired) electrons. The van der Waals surface area contributed by atoms with E-state index in [9.17, 15) is 19.2 Å². The molecule has 12 heteroatoms. The van der Waals surface area contributed by atoms with Crippen LogP contribution < -0.4 is 0 Å². The van der Waals surface area contributed by atoms with Gasteiger partial charge >= 0.3 is 0 Å². The summed E-state index contributed by atoms with van der Waals surface area (Å²) in [6, 6.07) is 6.78. The number of hydrogen-bond acceptors (Lipinski definition) is 10. The molecule has 208 valence electrons. The maximum Gasteiger partial charge on any atom is 0.261 e. The van der Waals surface area contributed by atoms with E-state index < -0.39 is 0 Å². The Morgan fingerprint density at radius 2 is 0.763 bits per heavy atom. The lowest BCUT2D eigenvalue weighted by Crippen LogP contribution is -2.33. The first-order valence-electron chi connectivity index (χ1n) is 12.5. The Bertz CT molecular complexity index is 914. The van der Waals surface area contributed by atoms with Gasteiger partial charge in [-0.1, -0.05) is 12.1 Å². The lowest BCUT2D eigenvalue weighted by Gasteiger charge is -2.14. The smallest absolute Gasteiger partial charge is 0.261 e. The standard InChI is InChI=1S/C26H34N2O10/c29-23-5-6-24(30)27(23)7-9-33-11-13-35-15-17-37-19-20-38-18-16-36-14-12-34-10-8-28-25(31)21-3-1-2-4-22(21)26(28)32/h1-6H,7-20H2. The zero-order valence-corrected chi connectivity index (χ0v) is 21.3. The highest BCUT2D eigenvalue weighted by molar-refractivity contribution is 6.21. The van der Waals surface area contributed by atoms with Crippen LogP contribution in [0.2, 0.25) is 0 Å². The molecule has 0 atom stereocenters. The van der Waals surface area contributed by atoms with E-state index in [1.165, 1.54) is 17.1 Å². The average molecular weight is 535 g/mol. The molecular weight excluding hydrogens is 500 g/mol. The predicted molar refractivity (Wildman–Crippen MR) is 133 cm³/mol. The summed E-state index contributed by atoms with van der Waals surface area (Å²) < 4.78 is 32.4. The van der Waals surface area contributed by atoms with Crippen LogP contribution >= 0.6 is 0 Å². The fourth-order valence-corrected chi connectivity index (χ4v) is 3.61. The number of imide groups is 2. The average Bonchev–Trinajstić information content (AvgIpc) is 3.37. The molecule has 2 aliphatic rings. The third-order valence-electron chi connectivity index (χ3n) is 5.56. The van der Waals surface area contributed by atoms with Crippen molar-refractivity contribution in [3.8, 4) is 0 Å². The first-order chi connectivity index (χ1) is 18.6. The molecule has 0 saturated carbocycles. The Morgan fingerprint density at radius 3 is 1.13 bits per heavy atom. The van der Waals surface area contributed by atoms with Crippen LogP contribution in [0.5, 0.6) is 0 Å². The quantitative estimate of drug-likeness (QED) is 0.160. The topological polar surface area (TPSA) is 130 Å². The van der Waals surface area contributed by atoms with E-state index in [2.05, 4.69) is 0 Å². The molecular formula is C26H34N2O10. The first-order valence-corrected chi connectivity index (χ1v) is 12.5. The van der Waals surface area contributed by atoms with Crippen LogP contribution in [0, 0.1) is 0 Å². The Hall–Kier alpha value is -3.00. The largest absolute Gasteiger partial charge is 0.377 e. The van der Waals surface area contributed by atoms with Crippen LogP contribution in [0.15, 0.2) is 36.4 Å². The highest BCUT2D eigenvalue weighted by Crippen LogP contribution is 2.21. The molecule has 1 aromatic rings. The third-order valence-corrected chi connectivity index (χ3v) is 5.56. The van der Waals surface area contributed by atoms with Crippen molar-refractivity contribution in [3.63, 3.8) is 0 Å². The molecule has 2 aliphatic heterocycles. The van der Waals surface area contributed by atoms with E-state index in [-0.39, 0.29) is 49.9 Å². The number of rotatable bonds is 21. The van der Waals surface area contributed by atoms with Crippen LogP contribution in [0.25, 0.3) is 0 Å². The fraction of sp³-hybridized carbons (Fsp3) is 0.538. The van der Waals surface area contributed by atoms with Gasteiger partial charge in [0, 0.05) is 12.2 Å². The maximum atomic E-state index is 12.3. The Labute approximate surface area is 221 Å². The highest BCUT2D eigenvalue weighted by atomic mass is 16.6. The van der Waals surface area contributed by atoms with Crippen molar-refractivity contribution < 1.29 is 47.6 Å². The molecule has 0 saturated heterocycles. The van der Waals surface area contributed by atoms with Crippen LogP contribution in [0.4, 0.5) is 0 Å². The summed E-state index contributed by atoms with van der Waals surface area (Å²) >= 11 is 0. The summed E-state index contributed by atoms with van der Waals surface area (Å²) in [6.45, 7) is 5.02. The van der Waals surface area contributed by atoms with Gasteiger partial charge in [-0.15, -0.1) is 0 Å². The summed E-state index contributed by atoms with van der Waals surface area (Å²) in [7, 11) is 0. The van der Waals surface area contributed by atoms with Gasteiger partial charge in [0.05, 0.1) is 103 Å². The summed E-state index contributed by atoms with van der Waals surface area (Å²) in [5.74, 6) is -1.20. The minimum atomic E-state index is -0.315. The van der Waals surface area contributed by atoms with E-state index in [0.717, 1.165) is 4.90 Å². The Kier molecular flexibility index (Phi) is 13.0. The normalized spacial score (nSPS) is 14.8. The monoisotopic (exact) mass is 534 g/mol. The van der Waals surface area contributed by atoms with Gasteiger partial charge in [-0.05, 0) is 12.1 Å². The summed E-state index contributed by atoms with van der Waals surface area (Å²) in [5, 5.41) is 0. The number of hydrogen-bond donors (Lipinski definition) is 0. The molecule has 0 spiro atoms. The van der Waals surface area contributed by atoms with E-state index in [4.69, 9.17) is 28.4 Å². The molecule has 0 bridgehead atoms. The molecule has 0 unspecified atom stereocenters. The van der Waals surface area contributed by atoms with Gasteiger partial charge in [0.25, 0.3) is 23.6 Å². The van der Waals surface area contributed by atoms with Gasteiger partial charge in [0.15, 0.2) is 0 Å². The Morgan fingerprint density at radius 1 is 0.447 bits per heavy atom. The van der Waals surface area contributed by atoms with Gasteiger partial charge in [-0.25, -0.2) is 0 Å². The molecule has 3 rings (SSSR count). The number of carbonyl (C=O) groups is 4. The van der Waals surface area contributed by atoms with Crippen LogP contribution in [-0.2, 0) is 38.0 Å². The molecule has 0 aromatic heterocycles. The molecule has 1 aromatic carbocycles. The second kappa shape index (κ2) is 16.8. The first kappa shape index (κ1) is 29.6. The fourth-order valence-electron chi connectivity index (χ4n) is 3.61. The Balaban J connectivity index is 1.01. The zero-order chi connectivity index (χ0) is 27.0. The molecule has 4 amide bonds. The van der Waals surface area contributed by atoms with Crippen molar-refractivity contribution >= 4 is 23.6 Å². The van der Waals surface area contributed by atoms with Gasteiger partial charge in [-0.2, -0.15) is 0 Å². The van der Waals surface area contributed by atoms with Gasteiger partial charge < -0.3 is 28.4 Å². The molecule has 0 aliphatic carbocycles. The van der Waals surface area contributed by atoms with Crippen molar-refractivity contribution in [3.05, 3.63) is 47.5 Å². The van der Waals surface area contributed by atoms with Gasteiger partial charge in [0.1, 0.15) is 0 Å². The molecule has 38 heavy (non-hydrogen) atoms. The van der Waals surface area contributed by atoms with Crippen LogP contribution in [0.1, 0.15) is 20.7 Å². The maximum absolute atomic E-state index is 12.3.